The van der Waals surface area contributed by atoms with Crippen molar-refractivity contribution in [2.75, 3.05) is 0 Å². The lowest BCUT2D eigenvalue weighted by molar-refractivity contribution is 0.800. The third kappa shape index (κ3) is 2.79. The van der Waals surface area contributed by atoms with E-state index in [1.165, 1.54) is 4.68 Å². The Morgan fingerprint density at radius 1 is 1.14 bits per heavy atom. The summed E-state index contributed by atoms with van der Waals surface area (Å²) in [5, 5.41) is 5.34. The van der Waals surface area contributed by atoms with Crippen LogP contribution in [0.5, 0.6) is 0 Å². The van der Waals surface area contributed by atoms with Crippen molar-refractivity contribution in [2.24, 2.45) is 5.10 Å². The highest BCUT2D eigenvalue weighted by atomic mass is 35.5. The van der Waals surface area contributed by atoms with Gasteiger partial charge in [-0.1, -0.05) is 35.9 Å². The van der Waals surface area contributed by atoms with E-state index in [4.69, 9.17) is 23.8 Å². The Bertz CT molecular complexity index is 942. The first-order valence-electron chi connectivity index (χ1n) is 6.19. The Labute approximate surface area is 130 Å². The lowest BCUT2D eigenvalue weighted by Gasteiger charge is -2.02. The number of hydrogen-bond acceptors (Lipinski definition) is 3. The van der Waals surface area contributed by atoms with Gasteiger partial charge in [-0.15, -0.1) is 0 Å². The van der Waals surface area contributed by atoms with E-state index in [2.05, 4.69) is 10.1 Å². The van der Waals surface area contributed by atoms with Crippen LogP contribution in [0.15, 0.2) is 58.4 Å². The monoisotopic (exact) mass is 315 g/mol. The van der Waals surface area contributed by atoms with Crippen molar-refractivity contribution >= 4 is 40.9 Å². The predicted molar refractivity (Wildman–Crippen MR) is 87.8 cm³/mol. The van der Waals surface area contributed by atoms with Crippen molar-refractivity contribution in [3.05, 3.63) is 74.2 Å². The third-order valence-electron chi connectivity index (χ3n) is 2.98. The predicted octanol–water partition coefficient (Wildman–Crippen LogP) is 3.59. The maximum atomic E-state index is 12.4. The van der Waals surface area contributed by atoms with E-state index < -0.39 is 0 Å². The molecule has 2 aromatic carbocycles. The summed E-state index contributed by atoms with van der Waals surface area (Å²) in [4.78, 5) is 15.4. The van der Waals surface area contributed by atoms with Gasteiger partial charge in [-0.2, -0.15) is 9.78 Å². The number of benzene rings is 2. The van der Waals surface area contributed by atoms with E-state index in [0.29, 0.717) is 15.9 Å². The zero-order valence-electron chi connectivity index (χ0n) is 10.8. The Morgan fingerprint density at radius 3 is 2.62 bits per heavy atom. The lowest BCUT2D eigenvalue weighted by atomic mass is 10.2. The van der Waals surface area contributed by atoms with Crippen molar-refractivity contribution in [1.82, 2.24) is 9.66 Å². The molecule has 0 aliphatic rings. The molecule has 6 heteroatoms. The van der Waals surface area contributed by atoms with Gasteiger partial charge < -0.3 is 4.98 Å². The van der Waals surface area contributed by atoms with E-state index in [1.807, 2.05) is 18.2 Å². The van der Waals surface area contributed by atoms with Gasteiger partial charge in [0.1, 0.15) is 0 Å². The summed E-state index contributed by atoms with van der Waals surface area (Å²) in [6, 6.07) is 14.3. The van der Waals surface area contributed by atoms with Crippen LogP contribution in [0.3, 0.4) is 0 Å². The number of nitrogens with zero attached hydrogens (tertiary/aromatic N) is 2. The van der Waals surface area contributed by atoms with Crippen molar-refractivity contribution < 1.29 is 0 Å². The molecular weight excluding hydrogens is 306 g/mol. The maximum absolute atomic E-state index is 12.4. The van der Waals surface area contributed by atoms with E-state index >= 15 is 0 Å². The van der Waals surface area contributed by atoms with Crippen molar-refractivity contribution in [3.8, 4) is 0 Å². The summed E-state index contributed by atoms with van der Waals surface area (Å²) in [6.07, 6.45) is 1.57. The van der Waals surface area contributed by atoms with Crippen LogP contribution in [-0.4, -0.2) is 15.9 Å². The quantitative estimate of drug-likeness (QED) is 0.580. The van der Waals surface area contributed by atoms with Crippen molar-refractivity contribution in [3.63, 3.8) is 0 Å². The van der Waals surface area contributed by atoms with Crippen LogP contribution in [0.2, 0.25) is 5.02 Å². The van der Waals surface area contributed by atoms with Crippen LogP contribution < -0.4 is 5.56 Å². The van der Waals surface area contributed by atoms with Crippen LogP contribution >= 0.6 is 23.8 Å². The second-order valence-corrected chi connectivity index (χ2v) is 5.21. The molecule has 3 aromatic rings. The van der Waals surface area contributed by atoms with Gasteiger partial charge in [-0.25, -0.2) is 0 Å². The van der Waals surface area contributed by atoms with Gasteiger partial charge in [-0.05, 0) is 42.0 Å². The summed E-state index contributed by atoms with van der Waals surface area (Å²) in [5.41, 5.74) is 1.28. The molecule has 0 radical (unpaired) electrons. The zero-order valence-corrected chi connectivity index (χ0v) is 12.4. The summed E-state index contributed by atoms with van der Waals surface area (Å²) >= 11 is 11.0. The van der Waals surface area contributed by atoms with E-state index in [1.54, 1.807) is 36.5 Å². The molecule has 0 bridgehead atoms. The third-order valence-corrected chi connectivity index (χ3v) is 3.50. The average Bonchev–Trinajstić information content (AvgIpc) is 2.49. The number of aromatic nitrogens is 2. The molecule has 1 aromatic heterocycles. The molecule has 0 spiro atoms. The molecule has 0 saturated heterocycles. The van der Waals surface area contributed by atoms with Gasteiger partial charge in [0.15, 0.2) is 0 Å². The first-order valence-corrected chi connectivity index (χ1v) is 6.98. The molecule has 1 N–H and O–H groups in total. The van der Waals surface area contributed by atoms with Crippen molar-refractivity contribution in [2.45, 2.75) is 0 Å². The Morgan fingerprint density at radius 2 is 1.86 bits per heavy atom. The Balaban J connectivity index is 2.10. The van der Waals surface area contributed by atoms with Gasteiger partial charge in [0.05, 0.1) is 17.1 Å². The van der Waals surface area contributed by atoms with Gasteiger partial charge in [0.25, 0.3) is 5.56 Å². The number of aromatic amines is 1. The lowest BCUT2D eigenvalue weighted by Crippen LogP contribution is -2.18. The summed E-state index contributed by atoms with van der Waals surface area (Å²) in [6.45, 7) is 0. The zero-order chi connectivity index (χ0) is 14.8. The highest BCUT2D eigenvalue weighted by Crippen LogP contribution is 2.08. The molecule has 0 unspecified atom stereocenters. The number of halogens is 1. The number of para-hydroxylation sites is 1. The minimum absolute atomic E-state index is 0.250. The fourth-order valence-corrected chi connectivity index (χ4v) is 2.30. The fourth-order valence-electron chi connectivity index (χ4n) is 1.93. The van der Waals surface area contributed by atoms with Gasteiger partial charge >= 0.3 is 0 Å². The molecule has 0 saturated carbocycles. The highest BCUT2D eigenvalue weighted by Gasteiger charge is 2.03. The minimum atomic E-state index is -0.250. The standard InChI is InChI=1S/C15H10ClN3OS/c16-11-7-5-10(6-8-11)9-17-19-14(20)12-3-1-2-4-13(12)18-15(19)21/h1-9H,(H,18,21)/b17-9-. The number of fused-ring (bicyclic) bond motifs is 1. The molecule has 0 atom stereocenters. The topological polar surface area (TPSA) is 50.1 Å². The summed E-state index contributed by atoms with van der Waals surface area (Å²) < 4.78 is 1.43. The normalized spacial score (nSPS) is 11.3. The molecule has 104 valence electrons. The molecule has 0 fully saturated rings. The van der Waals surface area contributed by atoms with E-state index in [9.17, 15) is 4.79 Å². The number of hydrogen-bond donors (Lipinski definition) is 1. The van der Waals surface area contributed by atoms with Crippen LogP contribution in [0.4, 0.5) is 0 Å². The number of nitrogens with one attached hydrogen (secondary N) is 1. The maximum Gasteiger partial charge on any atom is 0.282 e. The minimum Gasteiger partial charge on any atom is -0.330 e. The van der Waals surface area contributed by atoms with Crippen LogP contribution in [0.1, 0.15) is 5.56 Å². The molecular formula is C15H10ClN3OS. The van der Waals surface area contributed by atoms with E-state index in [0.717, 1.165) is 5.56 Å². The largest absolute Gasteiger partial charge is 0.330 e. The van der Waals surface area contributed by atoms with Gasteiger partial charge in [0.2, 0.25) is 4.77 Å². The van der Waals surface area contributed by atoms with Crippen molar-refractivity contribution in [1.29, 1.82) is 0 Å². The molecule has 1 heterocycles. The first kappa shape index (κ1) is 13.7. The van der Waals surface area contributed by atoms with Crippen LogP contribution in [0.25, 0.3) is 10.9 Å². The second kappa shape index (κ2) is 5.63. The number of rotatable bonds is 2. The fraction of sp³-hybridized carbons (Fsp3) is 0. The highest BCUT2D eigenvalue weighted by molar-refractivity contribution is 7.71. The average molecular weight is 316 g/mol. The molecule has 3 rings (SSSR count). The molecule has 4 nitrogen and oxygen atoms in total. The van der Waals surface area contributed by atoms with E-state index in [-0.39, 0.29) is 10.3 Å². The van der Waals surface area contributed by atoms with Gasteiger partial charge in [0, 0.05) is 5.02 Å². The molecule has 0 aliphatic carbocycles. The smallest absolute Gasteiger partial charge is 0.282 e. The summed E-state index contributed by atoms with van der Waals surface area (Å²) in [5.74, 6) is 0. The first-order chi connectivity index (χ1) is 10.1. The molecule has 0 amide bonds. The van der Waals surface area contributed by atoms with Gasteiger partial charge in [-0.3, -0.25) is 4.79 Å². The Kier molecular flexibility index (Phi) is 3.68. The van der Waals surface area contributed by atoms with Crippen LogP contribution in [-0.2, 0) is 0 Å². The summed E-state index contributed by atoms with van der Waals surface area (Å²) in [7, 11) is 0. The SMILES string of the molecule is O=c1c2ccccc2[nH]c(=S)n1/N=C\c1ccc(Cl)cc1. The second-order valence-electron chi connectivity index (χ2n) is 4.39. The molecule has 21 heavy (non-hydrogen) atoms. The van der Waals surface area contributed by atoms with Crippen LogP contribution in [0, 0.1) is 4.77 Å². The molecule has 0 aliphatic heterocycles. The number of H-pyrrole nitrogens is 1. The Hall–Kier alpha value is -2.24.